The van der Waals surface area contributed by atoms with Gasteiger partial charge in [-0.15, -0.1) is 0 Å². The average molecular weight is 313 g/mol. The molecule has 0 spiro atoms. The Morgan fingerprint density at radius 2 is 2.09 bits per heavy atom. The van der Waals surface area contributed by atoms with Gasteiger partial charge < -0.3 is 15.8 Å². The predicted octanol–water partition coefficient (Wildman–Crippen LogP) is 2.74. The van der Waals surface area contributed by atoms with Gasteiger partial charge in [-0.25, -0.2) is 4.79 Å². The van der Waals surface area contributed by atoms with Crippen LogP contribution in [-0.2, 0) is 4.74 Å². The first kappa shape index (κ1) is 19.2. The van der Waals surface area contributed by atoms with Crippen LogP contribution in [0.15, 0.2) is 0 Å². The van der Waals surface area contributed by atoms with Crippen molar-refractivity contribution in [1.29, 1.82) is 0 Å². The van der Waals surface area contributed by atoms with Crippen molar-refractivity contribution >= 4 is 6.09 Å². The number of nitrogens with two attached hydrogens (primary N) is 1. The lowest BCUT2D eigenvalue weighted by Crippen LogP contribution is -2.49. The normalized spacial score (nSPS) is 22.0. The first-order valence-electron chi connectivity index (χ1n) is 8.76. The number of carbonyl (C=O) groups is 1. The van der Waals surface area contributed by atoms with Crippen LogP contribution in [0.2, 0.25) is 0 Å². The Labute approximate surface area is 135 Å². The molecule has 5 heteroatoms. The van der Waals surface area contributed by atoms with Gasteiger partial charge in [-0.2, -0.15) is 0 Å². The average Bonchev–Trinajstić information content (AvgIpc) is 2.64. The third kappa shape index (κ3) is 7.45. The van der Waals surface area contributed by atoms with Crippen molar-refractivity contribution in [2.24, 2.45) is 11.7 Å². The van der Waals surface area contributed by atoms with Gasteiger partial charge in [0.05, 0.1) is 0 Å². The van der Waals surface area contributed by atoms with E-state index in [-0.39, 0.29) is 12.1 Å². The van der Waals surface area contributed by atoms with Crippen LogP contribution in [-0.4, -0.2) is 48.8 Å². The summed E-state index contributed by atoms with van der Waals surface area (Å²) < 4.78 is 5.28. The molecule has 0 bridgehead atoms. The fourth-order valence-electron chi connectivity index (χ4n) is 3.13. The van der Waals surface area contributed by atoms with Gasteiger partial charge in [0.2, 0.25) is 0 Å². The molecule has 1 aliphatic heterocycles. The summed E-state index contributed by atoms with van der Waals surface area (Å²) in [5.41, 5.74) is 5.47. The molecule has 2 atom stereocenters. The van der Waals surface area contributed by atoms with Gasteiger partial charge in [0, 0.05) is 19.1 Å². The first-order valence-corrected chi connectivity index (χ1v) is 8.76. The molecule has 1 saturated heterocycles. The number of nitrogens with zero attached hydrogens (tertiary/aromatic N) is 1. The number of amides is 1. The van der Waals surface area contributed by atoms with Crippen molar-refractivity contribution in [3.63, 3.8) is 0 Å². The predicted molar refractivity (Wildman–Crippen MR) is 90.9 cm³/mol. The first-order chi connectivity index (χ1) is 10.4. The lowest BCUT2D eigenvalue weighted by Gasteiger charge is -2.30. The molecule has 0 aromatic heterocycles. The zero-order chi connectivity index (χ0) is 16.6. The van der Waals surface area contributed by atoms with E-state index in [9.17, 15) is 4.79 Å². The molecule has 22 heavy (non-hydrogen) atoms. The van der Waals surface area contributed by atoms with E-state index in [2.05, 4.69) is 17.1 Å². The largest absolute Gasteiger partial charge is 0.444 e. The van der Waals surface area contributed by atoms with Crippen LogP contribution in [0.1, 0.15) is 59.8 Å². The van der Waals surface area contributed by atoms with E-state index >= 15 is 0 Å². The van der Waals surface area contributed by atoms with Crippen molar-refractivity contribution in [2.45, 2.75) is 71.4 Å². The Hall–Kier alpha value is -0.810. The SMILES string of the molecule is CCCC1CCCN(C(CN)CNC(=O)OC(C)(C)C)CC1. The van der Waals surface area contributed by atoms with Crippen LogP contribution in [0.4, 0.5) is 4.79 Å². The van der Waals surface area contributed by atoms with E-state index < -0.39 is 5.60 Å². The fourth-order valence-corrected chi connectivity index (χ4v) is 3.13. The summed E-state index contributed by atoms with van der Waals surface area (Å²) in [5, 5.41) is 2.86. The van der Waals surface area contributed by atoms with E-state index in [0.717, 1.165) is 19.0 Å². The molecule has 0 aromatic rings. The quantitative estimate of drug-likeness (QED) is 0.791. The summed E-state index contributed by atoms with van der Waals surface area (Å²) in [5.74, 6) is 0.854. The van der Waals surface area contributed by atoms with Crippen molar-refractivity contribution in [2.75, 3.05) is 26.2 Å². The van der Waals surface area contributed by atoms with Gasteiger partial charge in [0.1, 0.15) is 5.60 Å². The molecule has 0 aliphatic carbocycles. The summed E-state index contributed by atoms with van der Waals surface area (Å²) in [7, 11) is 0. The standard InChI is InChI=1S/C17H35N3O2/c1-5-7-14-8-6-10-20(11-9-14)15(12-18)13-19-16(21)22-17(2,3)4/h14-15H,5-13,18H2,1-4H3,(H,19,21). The third-order valence-corrected chi connectivity index (χ3v) is 4.25. The van der Waals surface area contributed by atoms with Crippen LogP contribution in [0.5, 0.6) is 0 Å². The number of hydrogen-bond donors (Lipinski definition) is 2. The van der Waals surface area contributed by atoms with Gasteiger partial charge in [-0.05, 0) is 59.0 Å². The molecule has 5 nitrogen and oxygen atoms in total. The Morgan fingerprint density at radius 1 is 1.36 bits per heavy atom. The van der Waals surface area contributed by atoms with Crippen molar-refractivity contribution < 1.29 is 9.53 Å². The minimum atomic E-state index is -0.460. The molecule has 1 rings (SSSR count). The maximum absolute atomic E-state index is 11.8. The Kier molecular flexibility index (Phi) is 8.18. The Morgan fingerprint density at radius 3 is 2.68 bits per heavy atom. The molecule has 0 aromatic carbocycles. The number of hydrogen-bond acceptors (Lipinski definition) is 4. The molecule has 2 unspecified atom stereocenters. The van der Waals surface area contributed by atoms with Gasteiger partial charge in [0.15, 0.2) is 0 Å². The number of alkyl carbamates (subject to hydrolysis) is 1. The number of likely N-dealkylation sites (tertiary alicyclic amines) is 1. The minimum Gasteiger partial charge on any atom is -0.444 e. The van der Waals surface area contributed by atoms with Gasteiger partial charge in [0.25, 0.3) is 0 Å². The highest BCUT2D eigenvalue weighted by atomic mass is 16.6. The molecule has 130 valence electrons. The summed E-state index contributed by atoms with van der Waals surface area (Å²) in [6, 6.07) is 0.202. The molecule has 1 heterocycles. The Balaban J connectivity index is 2.41. The van der Waals surface area contributed by atoms with Gasteiger partial charge in [-0.1, -0.05) is 19.8 Å². The van der Waals surface area contributed by atoms with Crippen LogP contribution in [0.25, 0.3) is 0 Å². The molecule has 1 amide bonds. The highest BCUT2D eigenvalue weighted by Crippen LogP contribution is 2.22. The fraction of sp³-hybridized carbons (Fsp3) is 0.941. The van der Waals surface area contributed by atoms with E-state index in [0.29, 0.717) is 13.1 Å². The zero-order valence-electron chi connectivity index (χ0n) is 14.9. The Bertz CT molecular complexity index is 328. The van der Waals surface area contributed by atoms with E-state index in [1.165, 1.54) is 32.1 Å². The second-order valence-corrected chi connectivity index (χ2v) is 7.39. The van der Waals surface area contributed by atoms with Crippen LogP contribution >= 0.6 is 0 Å². The summed E-state index contributed by atoms with van der Waals surface area (Å²) in [6.07, 6.45) is 6.04. The molecule has 0 saturated carbocycles. The highest BCUT2D eigenvalue weighted by Gasteiger charge is 2.23. The van der Waals surface area contributed by atoms with E-state index in [4.69, 9.17) is 10.5 Å². The molecule has 3 N–H and O–H groups in total. The maximum atomic E-state index is 11.8. The number of ether oxygens (including phenoxy) is 1. The third-order valence-electron chi connectivity index (χ3n) is 4.25. The minimum absolute atomic E-state index is 0.202. The number of nitrogens with one attached hydrogen (secondary N) is 1. The molecule has 0 radical (unpaired) electrons. The highest BCUT2D eigenvalue weighted by molar-refractivity contribution is 5.67. The summed E-state index contributed by atoms with van der Waals surface area (Å²) in [6.45, 7) is 11.2. The van der Waals surface area contributed by atoms with E-state index in [1.807, 2.05) is 20.8 Å². The lowest BCUT2D eigenvalue weighted by molar-refractivity contribution is 0.0508. The van der Waals surface area contributed by atoms with Crippen LogP contribution in [0, 0.1) is 5.92 Å². The van der Waals surface area contributed by atoms with Crippen LogP contribution in [0.3, 0.4) is 0 Å². The molecular formula is C17H35N3O2. The van der Waals surface area contributed by atoms with Crippen molar-refractivity contribution in [3.05, 3.63) is 0 Å². The van der Waals surface area contributed by atoms with Gasteiger partial charge in [-0.3, -0.25) is 4.90 Å². The summed E-state index contributed by atoms with van der Waals surface area (Å²) >= 11 is 0. The molecule has 1 fully saturated rings. The molecule has 1 aliphatic rings. The smallest absolute Gasteiger partial charge is 0.407 e. The second-order valence-electron chi connectivity index (χ2n) is 7.39. The van der Waals surface area contributed by atoms with Crippen molar-refractivity contribution in [1.82, 2.24) is 10.2 Å². The number of carbonyl (C=O) groups excluding carboxylic acids is 1. The summed E-state index contributed by atoms with van der Waals surface area (Å²) in [4.78, 5) is 14.2. The van der Waals surface area contributed by atoms with Crippen LogP contribution < -0.4 is 11.1 Å². The van der Waals surface area contributed by atoms with Gasteiger partial charge >= 0.3 is 6.09 Å². The monoisotopic (exact) mass is 313 g/mol. The van der Waals surface area contributed by atoms with Crippen molar-refractivity contribution in [3.8, 4) is 0 Å². The zero-order valence-corrected chi connectivity index (χ0v) is 14.9. The molecular weight excluding hydrogens is 278 g/mol. The number of rotatable bonds is 6. The lowest BCUT2D eigenvalue weighted by atomic mass is 9.96. The van der Waals surface area contributed by atoms with E-state index in [1.54, 1.807) is 0 Å². The topological polar surface area (TPSA) is 67.6 Å². The second kappa shape index (κ2) is 9.36. The maximum Gasteiger partial charge on any atom is 0.407 e.